The van der Waals surface area contributed by atoms with Crippen molar-refractivity contribution >= 4 is 34.6 Å². The molecule has 4 rings (SSSR count). The summed E-state index contributed by atoms with van der Waals surface area (Å²) in [7, 11) is 0. The van der Waals surface area contributed by atoms with E-state index in [1.165, 1.54) is 6.92 Å². The van der Waals surface area contributed by atoms with Gasteiger partial charge >= 0.3 is 5.97 Å². The van der Waals surface area contributed by atoms with Crippen LogP contribution in [0.3, 0.4) is 0 Å². The molecule has 5 unspecified atom stereocenters. The Morgan fingerprint density at radius 3 is 1.91 bits per heavy atom. The van der Waals surface area contributed by atoms with Gasteiger partial charge in [-0.15, -0.1) is 0 Å². The van der Waals surface area contributed by atoms with Gasteiger partial charge in [-0.3, -0.25) is 14.4 Å². The van der Waals surface area contributed by atoms with Gasteiger partial charge < -0.3 is 36.9 Å². The number of carbonyl (C=O) groups excluding carboxylic acids is 3. The average molecular weight is 600 g/mol. The van der Waals surface area contributed by atoms with Crippen LogP contribution >= 0.6 is 0 Å². The number of carboxylic acid groups (broad SMARTS) is 1. The number of hydrogen-bond acceptors (Lipinski definition) is 6. The summed E-state index contributed by atoms with van der Waals surface area (Å²) < 4.78 is 0. The Kier molecular flexibility index (Phi) is 10.8. The minimum absolute atomic E-state index is 0.0302. The van der Waals surface area contributed by atoms with E-state index < -0.39 is 54.0 Å². The molecule has 0 saturated heterocycles. The number of fused-ring (bicyclic) bond motifs is 1. The van der Waals surface area contributed by atoms with Gasteiger partial charge in [-0.2, -0.15) is 0 Å². The van der Waals surface area contributed by atoms with Crippen molar-refractivity contribution in [1.82, 2.24) is 20.9 Å². The van der Waals surface area contributed by atoms with E-state index in [-0.39, 0.29) is 19.3 Å². The number of para-hydroxylation sites is 1. The number of carbonyl (C=O) groups is 4. The lowest BCUT2D eigenvalue weighted by atomic mass is 10.0. The molecule has 0 spiro atoms. The van der Waals surface area contributed by atoms with Crippen molar-refractivity contribution < 1.29 is 29.4 Å². The molecule has 0 radical (unpaired) electrons. The van der Waals surface area contributed by atoms with Crippen molar-refractivity contribution in [3.63, 3.8) is 0 Å². The molecule has 11 nitrogen and oxygen atoms in total. The molecule has 4 aromatic rings. The Labute approximate surface area is 254 Å². The first-order valence-corrected chi connectivity index (χ1v) is 14.3. The van der Waals surface area contributed by atoms with Crippen LogP contribution in [0.5, 0.6) is 0 Å². The lowest BCUT2D eigenvalue weighted by Gasteiger charge is -2.26. The van der Waals surface area contributed by atoms with Gasteiger partial charge in [0.2, 0.25) is 17.7 Å². The van der Waals surface area contributed by atoms with E-state index in [0.29, 0.717) is 5.56 Å². The molecular weight excluding hydrogens is 562 g/mol. The number of aliphatic hydroxyl groups excluding tert-OH is 1. The van der Waals surface area contributed by atoms with Gasteiger partial charge in [-0.1, -0.05) is 78.9 Å². The number of nitrogens with one attached hydrogen (secondary N) is 4. The standard InChI is InChI=1S/C33H37N5O6/c1-20(39)29(32(42)37-28(33(43)44)18-23-19-35-26-15-9-8-14-24(23)26)38-31(41)27(17-22-12-6-3-7-13-22)36-30(40)25(34)16-21-10-4-2-5-11-21/h2-15,19-20,25,27-29,35,39H,16-18,34H2,1H3,(H,36,40)(H,37,42)(H,38,41)(H,43,44). The number of aliphatic carboxylic acids is 1. The summed E-state index contributed by atoms with van der Waals surface area (Å²) in [5.74, 6) is -3.46. The fourth-order valence-corrected chi connectivity index (χ4v) is 4.94. The Morgan fingerprint density at radius 1 is 0.727 bits per heavy atom. The molecule has 8 N–H and O–H groups in total. The first-order chi connectivity index (χ1) is 21.1. The van der Waals surface area contributed by atoms with Crippen LogP contribution in [0, 0.1) is 0 Å². The van der Waals surface area contributed by atoms with Crippen LogP contribution in [-0.2, 0) is 38.4 Å². The molecule has 0 aliphatic carbocycles. The third-order valence-corrected chi connectivity index (χ3v) is 7.33. The molecule has 0 saturated carbocycles. The van der Waals surface area contributed by atoms with Gasteiger partial charge in [-0.05, 0) is 36.1 Å². The largest absolute Gasteiger partial charge is 0.480 e. The van der Waals surface area contributed by atoms with Gasteiger partial charge in [0.25, 0.3) is 0 Å². The van der Waals surface area contributed by atoms with Gasteiger partial charge in [0.05, 0.1) is 12.1 Å². The monoisotopic (exact) mass is 599 g/mol. The number of nitrogens with two attached hydrogens (primary N) is 1. The van der Waals surface area contributed by atoms with Crippen molar-refractivity contribution in [2.24, 2.45) is 5.73 Å². The van der Waals surface area contributed by atoms with E-state index in [4.69, 9.17) is 5.73 Å². The summed E-state index contributed by atoms with van der Waals surface area (Å²) in [6.45, 7) is 1.31. The molecule has 0 aliphatic rings. The van der Waals surface area contributed by atoms with E-state index in [0.717, 1.165) is 22.0 Å². The lowest BCUT2D eigenvalue weighted by Crippen LogP contribution is -2.60. The van der Waals surface area contributed by atoms with Crippen LogP contribution in [-0.4, -0.2) is 69.2 Å². The predicted octanol–water partition coefficient (Wildman–Crippen LogP) is 1.44. The maximum absolute atomic E-state index is 13.5. The normalized spacial score (nSPS) is 14.5. The smallest absolute Gasteiger partial charge is 0.326 e. The second-order valence-electron chi connectivity index (χ2n) is 10.7. The molecule has 230 valence electrons. The van der Waals surface area contributed by atoms with E-state index >= 15 is 0 Å². The van der Waals surface area contributed by atoms with Crippen LogP contribution in [0.25, 0.3) is 10.9 Å². The second-order valence-corrected chi connectivity index (χ2v) is 10.7. The molecule has 0 fully saturated rings. The Balaban J connectivity index is 1.47. The van der Waals surface area contributed by atoms with Gasteiger partial charge in [-0.25, -0.2) is 4.79 Å². The van der Waals surface area contributed by atoms with Crippen molar-refractivity contribution in [3.05, 3.63) is 108 Å². The molecule has 5 atom stereocenters. The summed E-state index contributed by atoms with van der Waals surface area (Å²) in [5.41, 5.74) is 9.26. The highest BCUT2D eigenvalue weighted by Gasteiger charge is 2.33. The number of aromatic nitrogens is 1. The quantitative estimate of drug-likeness (QED) is 0.114. The Morgan fingerprint density at radius 2 is 1.30 bits per heavy atom. The zero-order chi connectivity index (χ0) is 31.6. The summed E-state index contributed by atoms with van der Waals surface area (Å²) in [4.78, 5) is 55.0. The van der Waals surface area contributed by atoms with Crippen LogP contribution in [0.4, 0.5) is 0 Å². The Bertz CT molecular complexity index is 1570. The van der Waals surface area contributed by atoms with Crippen LogP contribution in [0.15, 0.2) is 91.1 Å². The molecule has 11 heteroatoms. The maximum Gasteiger partial charge on any atom is 0.326 e. The van der Waals surface area contributed by atoms with Crippen LogP contribution < -0.4 is 21.7 Å². The topological polar surface area (TPSA) is 187 Å². The molecule has 44 heavy (non-hydrogen) atoms. The van der Waals surface area contributed by atoms with Crippen molar-refractivity contribution in [1.29, 1.82) is 0 Å². The predicted molar refractivity (Wildman–Crippen MR) is 165 cm³/mol. The number of aliphatic hydroxyl groups is 1. The molecule has 3 aromatic carbocycles. The summed E-state index contributed by atoms with van der Waals surface area (Å²) >= 11 is 0. The highest BCUT2D eigenvalue weighted by molar-refractivity contribution is 5.95. The molecule has 1 aromatic heterocycles. The third kappa shape index (κ3) is 8.52. The van der Waals surface area contributed by atoms with Crippen LogP contribution in [0.1, 0.15) is 23.6 Å². The zero-order valence-electron chi connectivity index (χ0n) is 24.3. The molecule has 0 bridgehead atoms. The van der Waals surface area contributed by atoms with Crippen molar-refractivity contribution in [2.75, 3.05) is 0 Å². The second kappa shape index (κ2) is 14.9. The highest BCUT2D eigenvalue weighted by Crippen LogP contribution is 2.19. The minimum Gasteiger partial charge on any atom is -0.480 e. The summed E-state index contributed by atoms with van der Waals surface area (Å²) in [6.07, 6.45) is 0.605. The minimum atomic E-state index is -1.50. The molecule has 0 aliphatic heterocycles. The van der Waals surface area contributed by atoms with E-state index in [9.17, 15) is 29.4 Å². The highest BCUT2D eigenvalue weighted by atomic mass is 16.4. The van der Waals surface area contributed by atoms with Gasteiger partial charge in [0, 0.05) is 29.9 Å². The zero-order valence-corrected chi connectivity index (χ0v) is 24.3. The van der Waals surface area contributed by atoms with Crippen molar-refractivity contribution in [3.8, 4) is 0 Å². The van der Waals surface area contributed by atoms with E-state index in [1.807, 2.05) is 60.7 Å². The fourth-order valence-electron chi connectivity index (χ4n) is 4.94. The number of aromatic amines is 1. The summed E-state index contributed by atoms with van der Waals surface area (Å²) in [6, 6.07) is 20.6. The molecule has 3 amide bonds. The average Bonchev–Trinajstić information content (AvgIpc) is 3.42. The number of amides is 3. The SMILES string of the molecule is CC(O)C(NC(=O)C(Cc1ccccc1)NC(=O)C(N)Cc1ccccc1)C(=O)NC(Cc1c[nH]c2ccccc12)C(=O)O. The fraction of sp³-hybridized carbons (Fsp3) is 0.273. The number of rotatable bonds is 14. The number of H-pyrrole nitrogens is 1. The number of hydrogen-bond donors (Lipinski definition) is 7. The molecular formula is C33H37N5O6. The Hall–Kier alpha value is -5.00. The first kappa shape index (κ1) is 31.9. The van der Waals surface area contributed by atoms with Gasteiger partial charge in [0.15, 0.2) is 0 Å². The van der Waals surface area contributed by atoms with Crippen LogP contribution in [0.2, 0.25) is 0 Å². The van der Waals surface area contributed by atoms with E-state index in [1.54, 1.807) is 30.5 Å². The van der Waals surface area contributed by atoms with E-state index in [2.05, 4.69) is 20.9 Å². The van der Waals surface area contributed by atoms with Crippen molar-refractivity contribution in [2.45, 2.75) is 56.5 Å². The van der Waals surface area contributed by atoms with Gasteiger partial charge in [0.1, 0.15) is 18.1 Å². The lowest BCUT2D eigenvalue weighted by molar-refractivity contribution is -0.143. The summed E-state index contributed by atoms with van der Waals surface area (Å²) in [5, 5.41) is 28.8. The third-order valence-electron chi connectivity index (χ3n) is 7.33. The number of carboxylic acids is 1. The maximum atomic E-state index is 13.5. The number of benzene rings is 3. The first-order valence-electron chi connectivity index (χ1n) is 14.3. The molecule has 1 heterocycles.